The maximum atomic E-state index is 6.54. The molecule has 0 fully saturated rings. The van der Waals surface area contributed by atoms with Crippen molar-refractivity contribution in [1.29, 1.82) is 0 Å². The zero-order valence-electron chi connectivity index (χ0n) is 11.1. The third-order valence-corrected chi connectivity index (χ3v) is 3.97. The molecule has 0 aliphatic carbocycles. The highest BCUT2D eigenvalue weighted by Crippen LogP contribution is 2.39. The maximum Gasteiger partial charge on any atom is 0.141 e. The summed E-state index contributed by atoms with van der Waals surface area (Å²) in [5.74, 6) is 0.751. The molecule has 2 N–H and O–H groups in total. The van der Waals surface area contributed by atoms with Crippen molar-refractivity contribution in [2.75, 3.05) is 7.11 Å². The second kappa shape index (κ2) is 4.49. The highest BCUT2D eigenvalue weighted by molar-refractivity contribution is 6.38. The first kappa shape index (κ1) is 12.2. The molecule has 0 saturated heterocycles. The average Bonchev–Trinajstić information content (AvgIpc) is 3.14. The van der Waals surface area contributed by atoms with Gasteiger partial charge in [0.2, 0.25) is 0 Å². The van der Waals surface area contributed by atoms with Gasteiger partial charge in [0, 0.05) is 41.3 Å². The van der Waals surface area contributed by atoms with Gasteiger partial charge in [-0.15, -0.1) is 0 Å². The monoisotopic (exact) mass is 298 g/mol. The van der Waals surface area contributed by atoms with Crippen LogP contribution in [0, 0.1) is 0 Å². The number of ether oxygens (including phenoxy) is 1. The van der Waals surface area contributed by atoms with E-state index in [0.29, 0.717) is 5.02 Å². The first-order valence-corrected chi connectivity index (χ1v) is 6.79. The third kappa shape index (κ3) is 1.71. The fraction of sp³-hybridized carbons (Fsp3) is 0.0667. The molecule has 0 aliphatic rings. The van der Waals surface area contributed by atoms with E-state index in [-0.39, 0.29) is 0 Å². The molecule has 6 heteroatoms. The SMILES string of the molecule is COc1ccnc2[nH]cc(-c3cnc4[nH]ccc4c3Cl)c12. The number of nitrogens with one attached hydrogen (secondary N) is 2. The summed E-state index contributed by atoms with van der Waals surface area (Å²) < 4.78 is 5.43. The molecule has 0 atom stereocenters. The highest BCUT2D eigenvalue weighted by atomic mass is 35.5. The predicted octanol–water partition coefficient (Wildman–Crippen LogP) is 3.77. The van der Waals surface area contributed by atoms with Crippen molar-refractivity contribution in [2.45, 2.75) is 0 Å². The van der Waals surface area contributed by atoms with Gasteiger partial charge in [0.25, 0.3) is 0 Å². The van der Waals surface area contributed by atoms with Crippen LogP contribution >= 0.6 is 11.6 Å². The largest absolute Gasteiger partial charge is 0.496 e. The molecule has 4 rings (SSSR count). The summed E-state index contributed by atoms with van der Waals surface area (Å²) in [6.45, 7) is 0. The Labute approximate surface area is 124 Å². The lowest BCUT2D eigenvalue weighted by Gasteiger charge is -2.06. The normalized spacial score (nSPS) is 11.3. The van der Waals surface area contributed by atoms with Crippen LogP contribution in [-0.4, -0.2) is 27.0 Å². The Balaban J connectivity index is 2.06. The van der Waals surface area contributed by atoms with Crippen molar-refractivity contribution >= 4 is 33.7 Å². The number of pyridine rings is 2. The topological polar surface area (TPSA) is 66.6 Å². The Morgan fingerprint density at radius 3 is 2.86 bits per heavy atom. The number of halogens is 1. The number of rotatable bonds is 2. The van der Waals surface area contributed by atoms with Crippen molar-refractivity contribution in [3.8, 4) is 16.9 Å². The van der Waals surface area contributed by atoms with Crippen molar-refractivity contribution in [3.05, 3.63) is 41.9 Å². The predicted molar refractivity (Wildman–Crippen MR) is 82.7 cm³/mol. The van der Waals surface area contributed by atoms with E-state index < -0.39 is 0 Å². The van der Waals surface area contributed by atoms with Gasteiger partial charge in [-0.25, -0.2) is 9.97 Å². The summed E-state index contributed by atoms with van der Waals surface area (Å²) in [6, 6.07) is 3.74. The van der Waals surface area contributed by atoms with Crippen LogP contribution in [0.25, 0.3) is 33.2 Å². The molecule has 4 aromatic heterocycles. The van der Waals surface area contributed by atoms with Gasteiger partial charge in [0.1, 0.15) is 17.0 Å². The summed E-state index contributed by atoms with van der Waals surface area (Å²) in [7, 11) is 1.64. The smallest absolute Gasteiger partial charge is 0.141 e. The number of methoxy groups -OCH3 is 1. The fourth-order valence-corrected chi connectivity index (χ4v) is 2.88. The molecule has 4 heterocycles. The summed E-state index contributed by atoms with van der Waals surface area (Å²) in [6.07, 6.45) is 7.17. The molecule has 0 aliphatic heterocycles. The molecule has 0 unspecified atom stereocenters. The maximum absolute atomic E-state index is 6.54. The molecular formula is C15H11ClN4O. The molecule has 0 spiro atoms. The first-order valence-electron chi connectivity index (χ1n) is 6.41. The number of H-pyrrole nitrogens is 2. The van der Waals surface area contributed by atoms with E-state index in [1.807, 2.05) is 24.5 Å². The Morgan fingerprint density at radius 1 is 1.10 bits per heavy atom. The molecule has 0 radical (unpaired) electrons. The van der Waals surface area contributed by atoms with E-state index in [9.17, 15) is 0 Å². The van der Waals surface area contributed by atoms with Crippen LogP contribution in [0.2, 0.25) is 5.02 Å². The second-order valence-electron chi connectivity index (χ2n) is 4.66. The number of hydrogen-bond donors (Lipinski definition) is 2. The van der Waals surface area contributed by atoms with Crippen LogP contribution in [0.1, 0.15) is 0 Å². The van der Waals surface area contributed by atoms with Crippen LogP contribution in [0.3, 0.4) is 0 Å². The Bertz CT molecular complexity index is 957. The van der Waals surface area contributed by atoms with Gasteiger partial charge in [-0.3, -0.25) is 0 Å². The number of aromatic nitrogens is 4. The number of hydrogen-bond acceptors (Lipinski definition) is 3. The lowest BCUT2D eigenvalue weighted by atomic mass is 10.1. The van der Waals surface area contributed by atoms with Crippen molar-refractivity contribution < 1.29 is 4.74 Å². The van der Waals surface area contributed by atoms with Crippen LogP contribution in [0.15, 0.2) is 36.9 Å². The van der Waals surface area contributed by atoms with E-state index in [1.54, 1.807) is 19.5 Å². The standard InChI is InChI=1S/C15H11ClN4O/c1-21-11-3-5-18-15-12(11)9(6-20-15)10-7-19-14-8(13(10)16)2-4-17-14/h2-7H,1H3,(H,17,19)(H,18,20). The van der Waals surface area contributed by atoms with Crippen LogP contribution < -0.4 is 4.74 Å². The van der Waals surface area contributed by atoms with Gasteiger partial charge >= 0.3 is 0 Å². The van der Waals surface area contributed by atoms with E-state index in [1.165, 1.54) is 0 Å². The minimum absolute atomic E-state index is 0.660. The van der Waals surface area contributed by atoms with Crippen molar-refractivity contribution in [2.24, 2.45) is 0 Å². The quantitative estimate of drug-likeness (QED) is 0.592. The number of nitrogens with zero attached hydrogens (tertiary/aromatic N) is 2. The van der Waals surface area contributed by atoms with Gasteiger partial charge in [-0.1, -0.05) is 11.6 Å². The molecule has 104 valence electrons. The van der Waals surface area contributed by atoms with Crippen molar-refractivity contribution in [1.82, 2.24) is 19.9 Å². The van der Waals surface area contributed by atoms with Gasteiger partial charge < -0.3 is 14.7 Å². The number of aromatic amines is 2. The summed E-state index contributed by atoms with van der Waals surface area (Å²) in [5.41, 5.74) is 3.31. The van der Waals surface area contributed by atoms with Crippen LogP contribution in [0.5, 0.6) is 5.75 Å². The van der Waals surface area contributed by atoms with Crippen LogP contribution in [-0.2, 0) is 0 Å². The Kier molecular flexibility index (Phi) is 2.62. The minimum atomic E-state index is 0.660. The lowest BCUT2D eigenvalue weighted by Crippen LogP contribution is -1.88. The van der Waals surface area contributed by atoms with E-state index in [2.05, 4.69) is 19.9 Å². The molecule has 0 saturated carbocycles. The molecule has 5 nitrogen and oxygen atoms in total. The average molecular weight is 299 g/mol. The molecular weight excluding hydrogens is 288 g/mol. The molecule has 21 heavy (non-hydrogen) atoms. The second-order valence-corrected chi connectivity index (χ2v) is 5.04. The molecule has 0 amide bonds. The van der Waals surface area contributed by atoms with E-state index in [0.717, 1.165) is 38.9 Å². The van der Waals surface area contributed by atoms with Gasteiger partial charge in [0.05, 0.1) is 17.5 Å². The zero-order valence-corrected chi connectivity index (χ0v) is 11.9. The zero-order chi connectivity index (χ0) is 14.4. The van der Waals surface area contributed by atoms with Gasteiger partial charge in [0.15, 0.2) is 0 Å². The first-order chi connectivity index (χ1) is 10.3. The van der Waals surface area contributed by atoms with E-state index in [4.69, 9.17) is 16.3 Å². The molecule has 0 bridgehead atoms. The van der Waals surface area contributed by atoms with E-state index >= 15 is 0 Å². The minimum Gasteiger partial charge on any atom is -0.496 e. The summed E-state index contributed by atoms with van der Waals surface area (Å²) >= 11 is 6.54. The number of fused-ring (bicyclic) bond motifs is 2. The van der Waals surface area contributed by atoms with Crippen molar-refractivity contribution in [3.63, 3.8) is 0 Å². The Hall–Kier alpha value is -2.53. The van der Waals surface area contributed by atoms with Crippen LogP contribution in [0.4, 0.5) is 0 Å². The summed E-state index contributed by atoms with van der Waals surface area (Å²) in [4.78, 5) is 14.9. The van der Waals surface area contributed by atoms with Gasteiger partial charge in [-0.2, -0.15) is 0 Å². The lowest BCUT2D eigenvalue weighted by molar-refractivity contribution is 0.419. The third-order valence-electron chi connectivity index (χ3n) is 3.57. The highest BCUT2D eigenvalue weighted by Gasteiger charge is 2.16. The molecule has 4 aromatic rings. The van der Waals surface area contributed by atoms with Gasteiger partial charge in [-0.05, 0) is 12.1 Å². The summed E-state index contributed by atoms with van der Waals surface area (Å²) in [5, 5.41) is 2.46. The fourth-order valence-electron chi connectivity index (χ4n) is 2.57. The Morgan fingerprint density at radius 2 is 2.00 bits per heavy atom. The molecule has 0 aromatic carbocycles.